The smallest absolute Gasteiger partial charge is 0.272 e. The molecule has 0 aliphatic rings. The maximum atomic E-state index is 12.9. The summed E-state index contributed by atoms with van der Waals surface area (Å²) < 4.78 is 34.6. The van der Waals surface area contributed by atoms with E-state index in [1.807, 2.05) is 42.5 Å². The van der Waals surface area contributed by atoms with E-state index in [1.165, 1.54) is 12.3 Å². The number of pyridine rings is 1. The predicted octanol–water partition coefficient (Wildman–Crippen LogP) is 4.74. The number of aromatic nitrogens is 3. The lowest BCUT2D eigenvalue weighted by Gasteiger charge is -2.11. The topological polar surface area (TPSA) is 94.1 Å². The number of rotatable bonds is 7. The van der Waals surface area contributed by atoms with E-state index in [0.29, 0.717) is 10.3 Å². The number of halogens is 1. The number of sulfonamides is 1. The second kappa shape index (κ2) is 8.90. The van der Waals surface area contributed by atoms with Crippen LogP contribution in [0.3, 0.4) is 0 Å². The van der Waals surface area contributed by atoms with Crippen molar-refractivity contribution in [3.05, 3.63) is 83.2 Å². The highest BCUT2D eigenvalue weighted by atomic mass is 79.9. The summed E-state index contributed by atoms with van der Waals surface area (Å²) in [5.41, 5.74) is 1.63. The molecule has 152 valence electrons. The summed E-state index contributed by atoms with van der Waals surface area (Å²) in [7, 11) is -3.88. The number of nitrogens with one attached hydrogen (secondary N) is 1. The average Bonchev–Trinajstić information content (AvgIpc) is 3.27. The number of anilines is 1. The molecule has 0 unspecified atom stereocenters. The summed E-state index contributed by atoms with van der Waals surface area (Å²) in [5.74, 6) is 0.0974. The molecule has 0 saturated heterocycles. The molecule has 10 heteroatoms. The van der Waals surface area contributed by atoms with Crippen LogP contribution in [0.5, 0.6) is 5.88 Å². The van der Waals surface area contributed by atoms with Crippen LogP contribution in [0, 0.1) is 0 Å². The first-order valence-electron chi connectivity index (χ1n) is 8.74. The number of hydrogen-bond acceptors (Lipinski definition) is 7. The SMILES string of the molecule is O=S(=O)(Nc1ncc(Br)nc1OCc1ccccc1)c1ccc(-c2ccccn2)s1. The van der Waals surface area contributed by atoms with Crippen LogP contribution in [0.15, 0.2) is 81.9 Å². The van der Waals surface area contributed by atoms with Crippen molar-refractivity contribution in [1.29, 1.82) is 0 Å². The molecule has 0 aliphatic heterocycles. The molecule has 0 aliphatic carbocycles. The van der Waals surface area contributed by atoms with Gasteiger partial charge in [0.1, 0.15) is 15.4 Å². The van der Waals surface area contributed by atoms with Gasteiger partial charge >= 0.3 is 0 Å². The molecule has 30 heavy (non-hydrogen) atoms. The zero-order valence-electron chi connectivity index (χ0n) is 15.4. The summed E-state index contributed by atoms with van der Waals surface area (Å²) in [6.07, 6.45) is 3.07. The minimum absolute atomic E-state index is 0.0157. The molecule has 0 amide bonds. The van der Waals surface area contributed by atoms with Gasteiger partial charge in [0.25, 0.3) is 15.9 Å². The lowest BCUT2D eigenvalue weighted by molar-refractivity contribution is 0.294. The number of benzene rings is 1. The number of nitrogens with zero attached hydrogens (tertiary/aromatic N) is 3. The van der Waals surface area contributed by atoms with Crippen LogP contribution in [-0.4, -0.2) is 23.4 Å². The van der Waals surface area contributed by atoms with E-state index >= 15 is 0 Å². The van der Waals surface area contributed by atoms with Crippen LogP contribution < -0.4 is 9.46 Å². The highest BCUT2D eigenvalue weighted by molar-refractivity contribution is 9.10. The minimum Gasteiger partial charge on any atom is -0.470 e. The minimum atomic E-state index is -3.88. The zero-order chi connectivity index (χ0) is 21.0. The second-order valence-corrected chi connectivity index (χ2v) is 9.87. The molecule has 0 saturated carbocycles. The first-order valence-corrected chi connectivity index (χ1v) is 11.8. The molecule has 0 spiro atoms. The molecular weight excluding hydrogens is 488 g/mol. The molecule has 0 radical (unpaired) electrons. The molecule has 0 bridgehead atoms. The maximum absolute atomic E-state index is 12.9. The van der Waals surface area contributed by atoms with Crippen LogP contribution in [0.25, 0.3) is 10.6 Å². The molecule has 4 rings (SSSR count). The fourth-order valence-corrected chi connectivity index (χ4v) is 5.09. The van der Waals surface area contributed by atoms with Gasteiger partial charge in [-0.1, -0.05) is 36.4 Å². The number of ether oxygens (including phenoxy) is 1. The molecule has 0 atom stereocenters. The zero-order valence-corrected chi connectivity index (χ0v) is 18.6. The third kappa shape index (κ3) is 4.84. The molecule has 7 nitrogen and oxygen atoms in total. The number of hydrogen-bond donors (Lipinski definition) is 1. The second-order valence-electron chi connectivity index (χ2n) is 6.06. The lowest BCUT2D eigenvalue weighted by atomic mass is 10.2. The Kier molecular flexibility index (Phi) is 6.07. The first-order chi connectivity index (χ1) is 14.5. The van der Waals surface area contributed by atoms with E-state index in [2.05, 4.69) is 35.6 Å². The largest absolute Gasteiger partial charge is 0.470 e. The van der Waals surface area contributed by atoms with Gasteiger partial charge in [0, 0.05) is 6.20 Å². The van der Waals surface area contributed by atoms with Gasteiger partial charge in [-0.25, -0.2) is 18.4 Å². The van der Waals surface area contributed by atoms with Crippen LogP contribution >= 0.6 is 27.3 Å². The van der Waals surface area contributed by atoms with Gasteiger partial charge in [-0.2, -0.15) is 0 Å². The lowest BCUT2D eigenvalue weighted by Crippen LogP contribution is -2.14. The Balaban J connectivity index is 1.57. The van der Waals surface area contributed by atoms with Gasteiger partial charge in [-0.05, 0) is 45.8 Å². The highest BCUT2D eigenvalue weighted by Gasteiger charge is 2.21. The van der Waals surface area contributed by atoms with Crippen molar-refractivity contribution in [2.75, 3.05) is 4.72 Å². The third-order valence-electron chi connectivity index (χ3n) is 3.92. The Hall–Kier alpha value is -2.82. The Morgan fingerprint density at radius 1 is 1.00 bits per heavy atom. The van der Waals surface area contributed by atoms with E-state index in [0.717, 1.165) is 21.8 Å². The quantitative estimate of drug-likeness (QED) is 0.392. The Morgan fingerprint density at radius 3 is 2.57 bits per heavy atom. The van der Waals surface area contributed by atoms with Gasteiger partial charge < -0.3 is 4.74 Å². The molecule has 3 heterocycles. The summed E-state index contributed by atoms with van der Waals surface area (Å²) >= 11 is 4.36. The van der Waals surface area contributed by atoms with Gasteiger partial charge in [0.05, 0.1) is 16.8 Å². The normalized spacial score (nSPS) is 11.2. The van der Waals surface area contributed by atoms with Crippen molar-refractivity contribution >= 4 is 43.1 Å². The monoisotopic (exact) mass is 502 g/mol. The van der Waals surface area contributed by atoms with Crippen molar-refractivity contribution < 1.29 is 13.2 Å². The van der Waals surface area contributed by atoms with Crippen molar-refractivity contribution in [2.24, 2.45) is 0 Å². The molecule has 4 aromatic rings. The standard InChI is InChI=1S/C20H15BrN4O3S2/c21-17-12-23-19(20(24-17)28-13-14-6-2-1-3-7-14)25-30(26,27)18-10-9-16(29-18)15-8-4-5-11-22-15/h1-12H,13H2,(H,23,25). The van der Waals surface area contributed by atoms with E-state index in [-0.39, 0.29) is 22.5 Å². The first kappa shape index (κ1) is 20.5. The predicted molar refractivity (Wildman–Crippen MR) is 119 cm³/mol. The fourth-order valence-electron chi connectivity index (χ4n) is 2.54. The van der Waals surface area contributed by atoms with Gasteiger partial charge in [-0.15, -0.1) is 11.3 Å². The van der Waals surface area contributed by atoms with E-state index in [1.54, 1.807) is 18.3 Å². The summed E-state index contributed by atoms with van der Waals surface area (Å²) in [6, 6.07) is 18.2. The molecular formula is C20H15BrN4O3S2. The average molecular weight is 503 g/mol. The van der Waals surface area contributed by atoms with Crippen LogP contribution in [-0.2, 0) is 16.6 Å². The van der Waals surface area contributed by atoms with Crippen molar-refractivity contribution in [2.45, 2.75) is 10.8 Å². The molecule has 1 N–H and O–H groups in total. The van der Waals surface area contributed by atoms with Crippen molar-refractivity contribution in [1.82, 2.24) is 15.0 Å². The Morgan fingerprint density at radius 2 is 1.80 bits per heavy atom. The maximum Gasteiger partial charge on any atom is 0.272 e. The highest BCUT2D eigenvalue weighted by Crippen LogP contribution is 2.32. The molecule has 1 aromatic carbocycles. The van der Waals surface area contributed by atoms with Gasteiger partial charge in [0.2, 0.25) is 5.82 Å². The Labute approximate surface area is 186 Å². The molecule has 0 fully saturated rings. The van der Waals surface area contributed by atoms with E-state index in [4.69, 9.17) is 4.74 Å². The van der Waals surface area contributed by atoms with Gasteiger partial charge in [-0.3, -0.25) is 9.71 Å². The van der Waals surface area contributed by atoms with Crippen molar-refractivity contribution in [3.8, 4) is 16.5 Å². The van der Waals surface area contributed by atoms with Gasteiger partial charge in [0.15, 0.2) is 0 Å². The number of thiophene rings is 1. The Bertz CT molecular complexity index is 1250. The summed E-state index contributed by atoms with van der Waals surface area (Å²) in [4.78, 5) is 13.4. The third-order valence-corrected chi connectivity index (χ3v) is 7.24. The molecule has 3 aromatic heterocycles. The summed E-state index contributed by atoms with van der Waals surface area (Å²) in [5, 5.41) is 0. The van der Waals surface area contributed by atoms with Crippen LogP contribution in [0.4, 0.5) is 5.82 Å². The van der Waals surface area contributed by atoms with Crippen LogP contribution in [0.2, 0.25) is 0 Å². The van der Waals surface area contributed by atoms with Crippen LogP contribution in [0.1, 0.15) is 5.56 Å². The van der Waals surface area contributed by atoms with E-state index in [9.17, 15) is 8.42 Å². The van der Waals surface area contributed by atoms with E-state index < -0.39 is 10.0 Å². The fraction of sp³-hybridized carbons (Fsp3) is 0.0500. The van der Waals surface area contributed by atoms with Crippen molar-refractivity contribution in [3.63, 3.8) is 0 Å². The summed E-state index contributed by atoms with van der Waals surface area (Å²) in [6.45, 7) is 0.226.